The molecule has 0 aromatic rings. The van der Waals surface area contributed by atoms with E-state index in [4.69, 9.17) is 0 Å². The number of aliphatic carboxylic acids is 1. The molecule has 0 unspecified atom stereocenters. The predicted molar refractivity (Wildman–Crippen MR) is 149 cm³/mol. The van der Waals surface area contributed by atoms with E-state index >= 15 is 0 Å². The zero-order valence-electron chi connectivity index (χ0n) is 24.9. The van der Waals surface area contributed by atoms with Gasteiger partial charge in [0, 0.05) is 45.8 Å². The number of hydrogen-bond acceptors (Lipinski definition) is 7. The van der Waals surface area contributed by atoms with E-state index < -0.39 is 23.5 Å². The highest BCUT2D eigenvalue weighted by Gasteiger charge is 2.43. The summed E-state index contributed by atoms with van der Waals surface area (Å²) >= 11 is 0. The number of carbonyl (C=O) groups is 4. The summed E-state index contributed by atoms with van der Waals surface area (Å²) in [5, 5.41) is 15.9. The fraction of sp³-hybridized carbons (Fsp3) is 0.857. The maximum Gasteiger partial charge on any atom is 0.326 e. The molecule has 3 saturated heterocycles. The summed E-state index contributed by atoms with van der Waals surface area (Å²) < 4.78 is 0. The minimum absolute atomic E-state index is 0.110. The Bertz CT molecular complexity index is 905. The number of carboxylic acids is 1. The lowest BCUT2D eigenvalue weighted by atomic mass is 9.85. The summed E-state index contributed by atoms with van der Waals surface area (Å²) in [5.41, 5.74) is -0.503. The first-order chi connectivity index (χ1) is 18.2. The Balaban J connectivity index is 1.74. The molecule has 0 aromatic carbocycles. The van der Waals surface area contributed by atoms with Gasteiger partial charge in [-0.2, -0.15) is 0 Å². The molecule has 3 fully saturated rings. The third-order valence-corrected chi connectivity index (χ3v) is 8.72. The summed E-state index contributed by atoms with van der Waals surface area (Å²) in [5.74, 6) is -1.25. The zero-order chi connectivity index (χ0) is 29.1. The summed E-state index contributed by atoms with van der Waals surface area (Å²) in [6.45, 7) is 13.9. The Morgan fingerprint density at radius 2 is 1.67 bits per heavy atom. The molecule has 39 heavy (non-hydrogen) atoms. The van der Waals surface area contributed by atoms with E-state index in [9.17, 15) is 24.3 Å². The fourth-order valence-corrected chi connectivity index (χ4v) is 6.18. The Kier molecular flexibility index (Phi) is 10.4. The van der Waals surface area contributed by atoms with Gasteiger partial charge in [0.15, 0.2) is 0 Å². The first-order valence-corrected chi connectivity index (χ1v) is 14.5. The Morgan fingerprint density at radius 1 is 1.03 bits per heavy atom. The van der Waals surface area contributed by atoms with Gasteiger partial charge in [-0.1, -0.05) is 34.6 Å². The van der Waals surface area contributed by atoms with Crippen LogP contribution in [0.2, 0.25) is 0 Å². The molecule has 3 aliphatic rings. The van der Waals surface area contributed by atoms with Gasteiger partial charge in [-0.15, -0.1) is 0 Å². The van der Waals surface area contributed by atoms with Crippen LogP contribution in [0.4, 0.5) is 0 Å². The standard InChI is InChI=1S/C28H50N6O5/c1-18(2)22(17-33-13-8-10-19(33)25(36)34-14-9-11-20(34)27(38)39)32(7)26(37)23(28(3,4)5)30-24(35)21-16-29-12-15-31(21)6/h18-23,29H,8-17H2,1-7H3,(H,30,35)(H,38,39)/t19-,20-,21+,22+,23+/m0/s1. The second-order valence-corrected chi connectivity index (χ2v) is 12.9. The number of nitrogens with one attached hydrogen (secondary N) is 2. The van der Waals surface area contributed by atoms with Crippen LogP contribution in [0.15, 0.2) is 0 Å². The quantitative estimate of drug-likeness (QED) is 0.378. The molecular formula is C28H50N6O5. The molecule has 11 heteroatoms. The molecule has 5 atom stereocenters. The van der Waals surface area contributed by atoms with Crippen molar-refractivity contribution < 1.29 is 24.3 Å². The molecule has 0 aromatic heterocycles. The minimum Gasteiger partial charge on any atom is -0.480 e. The molecule has 11 nitrogen and oxygen atoms in total. The van der Waals surface area contributed by atoms with Crippen molar-refractivity contribution in [3.05, 3.63) is 0 Å². The third-order valence-electron chi connectivity index (χ3n) is 8.72. The molecule has 222 valence electrons. The van der Waals surface area contributed by atoms with Crippen molar-refractivity contribution in [2.75, 3.05) is 53.4 Å². The van der Waals surface area contributed by atoms with Crippen LogP contribution < -0.4 is 10.6 Å². The summed E-state index contributed by atoms with van der Waals surface area (Å²) in [4.78, 5) is 59.8. The van der Waals surface area contributed by atoms with Crippen LogP contribution in [0.1, 0.15) is 60.3 Å². The molecular weight excluding hydrogens is 500 g/mol. The number of hydrogen-bond donors (Lipinski definition) is 3. The topological polar surface area (TPSA) is 126 Å². The highest BCUT2D eigenvalue weighted by molar-refractivity contribution is 5.91. The van der Waals surface area contributed by atoms with Crippen LogP contribution in [0.25, 0.3) is 0 Å². The van der Waals surface area contributed by atoms with Gasteiger partial charge in [-0.05, 0) is 50.6 Å². The number of likely N-dealkylation sites (tertiary alicyclic amines) is 2. The van der Waals surface area contributed by atoms with Gasteiger partial charge >= 0.3 is 5.97 Å². The number of nitrogens with zero attached hydrogens (tertiary/aromatic N) is 4. The van der Waals surface area contributed by atoms with Crippen LogP contribution in [0.5, 0.6) is 0 Å². The minimum atomic E-state index is -0.943. The number of carboxylic acid groups (broad SMARTS) is 1. The molecule has 0 saturated carbocycles. The van der Waals surface area contributed by atoms with Crippen molar-refractivity contribution in [3.63, 3.8) is 0 Å². The van der Waals surface area contributed by atoms with Crippen LogP contribution in [-0.2, 0) is 19.2 Å². The molecule has 3 rings (SSSR count). The second kappa shape index (κ2) is 13.0. The number of amides is 3. The lowest BCUT2D eigenvalue weighted by molar-refractivity contribution is -0.150. The van der Waals surface area contributed by atoms with Gasteiger partial charge in [0.1, 0.15) is 18.1 Å². The third kappa shape index (κ3) is 7.29. The van der Waals surface area contributed by atoms with Crippen molar-refractivity contribution in [1.29, 1.82) is 0 Å². The maximum atomic E-state index is 14.0. The molecule has 0 bridgehead atoms. The second-order valence-electron chi connectivity index (χ2n) is 12.9. The number of rotatable bonds is 9. The highest BCUT2D eigenvalue weighted by atomic mass is 16.4. The van der Waals surface area contributed by atoms with E-state index in [1.165, 1.54) is 4.90 Å². The van der Waals surface area contributed by atoms with Gasteiger partial charge < -0.3 is 25.5 Å². The molecule has 3 aliphatic heterocycles. The summed E-state index contributed by atoms with van der Waals surface area (Å²) in [6, 6.07) is -2.34. The first-order valence-electron chi connectivity index (χ1n) is 14.5. The number of likely N-dealkylation sites (N-methyl/N-ethyl adjacent to an activating group) is 2. The van der Waals surface area contributed by atoms with Gasteiger partial charge in [0.05, 0.1) is 6.04 Å². The van der Waals surface area contributed by atoms with Crippen molar-refractivity contribution >= 4 is 23.7 Å². The first kappa shape index (κ1) is 31.3. The highest BCUT2D eigenvalue weighted by Crippen LogP contribution is 2.28. The van der Waals surface area contributed by atoms with Gasteiger partial charge in [0.25, 0.3) is 0 Å². The van der Waals surface area contributed by atoms with Crippen molar-refractivity contribution in [2.24, 2.45) is 11.3 Å². The van der Waals surface area contributed by atoms with E-state index in [0.29, 0.717) is 38.9 Å². The van der Waals surface area contributed by atoms with Crippen LogP contribution in [0, 0.1) is 11.3 Å². The maximum absolute atomic E-state index is 14.0. The van der Waals surface area contributed by atoms with Gasteiger partial charge in [-0.3, -0.25) is 24.2 Å². The van der Waals surface area contributed by atoms with Crippen LogP contribution in [-0.4, -0.2) is 132 Å². The lowest BCUT2D eigenvalue weighted by Gasteiger charge is -2.41. The van der Waals surface area contributed by atoms with Crippen molar-refractivity contribution in [2.45, 2.75) is 90.5 Å². The predicted octanol–water partition coefficient (Wildman–Crippen LogP) is 0.444. The smallest absolute Gasteiger partial charge is 0.326 e. The average Bonchev–Trinajstić information content (AvgIpc) is 3.54. The summed E-state index contributed by atoms with van der Waals surface area (Å²) in [6.07, 6.45) is 2.74. The number of carbonyl (C=O) groups excluding carboxylic acids is 3. The number of piperazine rings is 1. The van der Waals surface area contributed by atoms with E-state index in [2.05, 4.69) is 29.4 Å². The molecule has 0 aliphatic carbocycles. The molecule has 3 amide bonds. The molecule has 3 N–H and O–H groups in total. The average molecular weight is 551 g/mol. The Labute approximate surface area is 233 Å². The summed E-state index contributed by atoms with van der Waals surface area (Å²) in [7, 11) is 3.72. The Hall–Kier alpha value is -2.24. The Morgan fingerprint density at radius 3 is 2.26 bits per heavy atom. The van der Waals surface area contributed by atoms with E-state index in [1.807, 2.05) is 32.7 Å². The SMILES string of the molecule is CC(C)[C@@H](CN1CCC[C@H]1C(=O)N1CCC[C@H]1C(=O)O)N(C)C(=O)[C@@H](NC(=O)[C@H]1CNCCN1C)C(C)(C)C. The normalized spacial score (nSPS) is 26.5. The van der Waals surface area contributed by atoms with Crippen LogP contribution >= 0.6 is 0 Å². The van der Waals surface area contributed by atoms with E-state index in [0.717, 1.165) is 26.1 Å². The lowest BCUT2D eigenvalue weighted by Crippen LogP contribution is -2.63. The fourth-order valence-electron chi connectivity index (χ4n) is 6.18. The van der Waals surface area contributed by atoms with E-state index in [-0.39, 0.29) is 41.8 Å². The van der Waals surface area contributed by atoms with E-state index in [1.54, 1.807) is 11.9 Å². The molecule has 3 heterocycles. The molecule has 0 radical (unpaired) electrons. The van der Waals surface area contributed by atoms with Gasteiger partial charge in [0.2, 0.25) is 17.7 Å². The molecule has 0 spiro atoms. The largest absolute Gasteiger partial charge is 0.480 e. The zero-order valence-corrected chi connectivity index (χ0v) is 24.9. The van der Waals surface area contributed by atoms with Crippen molar-refractivity contribution in [1.82, 2.24) is 30.2 Å². The van der Waals surface area contributed by atoms with Crippen LogP contribution in [0.3, 0.4) is 0 Å². The van der Waals surface area contributed by atoms with Gasteiger partial charge in [-0.25, -0.2) is 4.79 Å². The monoisotopic (exact) mass is 550 g/mol. The van der Waals surface area contributed by atoms with Crippen molar-refractivity contribution in [3.8, 4) is 0 Å².